The molecular weight excluding hydrogens is 509 g/mol. The Kier molecular flexibility index (Phi) is 8.65. The molecule has 2 heterocycles. The molecule has 0 saturated carbocycles. The number of carbonyl (C=O) groups is 1. The van der Waals surface area contributed by atoms with Crippen LogP contribution >= 0.6 is 0 Å². The highest BCUT2D eigenvalue weighted by atomic mass is 19.4. The van der Waals surface area contributed by atoms with Crippen LogP contribution in [0.1, 0.15) is 29.2 Å². The van der Waals surface area contributed by atoms with Gasteiger partial charge in [0.15, 0.2) is 0 Å². The minimum absolute atomic E-state index is 0.131. The van der Waals surface area contributed by atoms with Gasteiger partial charge in [-0.1, -0.05) is 35.9 Å². The van der Waals surface area contributed by atoms with Crippen LogP contribution in [0.3, 0.4) is 0 Å². The second kappa shape index (κ2) is 12.1. The molecule has 0 saturated heterocycles. The smallest absolute Gasteiger partial charge is 0.432 e. The van der Waals surface area contributed by atoms with Crippen LogP contribution in [0.25, 0.3) is 11.3 Å². The SMILES string of the molecule is CCOC(=O)/C(C=N)=C(/Nc1cccc(-c2cc(C)ccc2OCc2ccc3c(c2)CCNC3)n1)C(F)(F)F. The number of aryl methyl sites for hydroxylation is 1. The van der Waals surface area contributed by atoms with E-state index >= 15 is 0 Å². The summed E-state index contributed by atoms with van der Waals surface area (Å²) in [5, 5.41) is 12.9. The summed E-state index contributed by atoms with van der Waals surface area (Å²) in [5.41, 5.74) is 3.11. The number of halogens is 3. The van der Waals surface area contributed by atoms with E-state index in [4.69, 9.17) is 14.9 Å². The Morgan fingerprint density at radius 2 is 1.97 bits per heavy atom. The van der Waals surface area contributed by atoms with E-state index in [9.17, 15) is 18.0 Å². The molecular formula is C29H29F3N4O3. The van der Waals surface area contributed by atoms with Crippen molar-refractivity contribution in [3.63, 3.8) is 0 Å². The van der Waals surface area contributed by atoms with Crippen LogP contribution in [-0.2, 0) is 29.1 Å². The van der Waals surface area contributed by atoms with Gasteiger partial charge in [-0.15, -0.1) is 0 Å². The largest absolute Gasteiger partial charge is 0.488 e. The first kappa shape index (κ1) is 27.8. The Bertz CT molecular complexity index is 1400. The van der Waals surface area contributed by atoms with Crippen molar-refractivity contribution in [3.05, 3.63) is 88.1 Å². The number of pyridine rings is 1. The number of alkyl halides is 3. The minimum Gasteiger partial charge on any atom is -0.488 e. The number of ether oxygens (including phenoxy) is 2. The van der Waals surface area contributed by atoms with Gasteiger partial charge < -0.3 is 25.5 Å². The fraction of sp³-hybridized carbons (Fsp3) is 0.276. The number of esters is 1. The number of anilines is 1. The van der Waals surface area contributed by atoms with Crippen molar-refractivity contribution in [1.82, 2.24) is 10.3 Å². The normalized spacial score (nSPS) is 13.7. The van der Waals surface area contributed by atoms with Crippen LogP contribution in [0.5, 0.6) is 5.75 Å². The van der Waals surface area contributed by atoms with E-state index in [0.29, 0.717) is 29.8 Å². The lowest BCUT2D eigenvalue weighted by Gasteiger charge is -2.19. The summed E-state index contributed by atoms with van der Waals surface area (Å²) in [5.74, 6) is -0.876. The zero-order valence-corrected chi connectivity index (χ0v) is 21.6. The average Bonchev–Trinajstić information content (AvgIpc) is 2.92. The van der Waals surface area contributed by atoms with Crippen molar-refractivity contribution in [1.29, 1.82) is 5.41 Å². The first-order valence-corrected chi connectivity index (χ1v) is 12.5. The Hall–Kier alpha value is -4.18. The number of nitrogens with zero attached hydrogens (tertiary/aromatic N) is 1. The van der Waals surface area contributed by atoms with Crippen LogP contribution < -0.4 is 15.4 Å². The molecule has 1 aliphatic rings. The lowest BCUT2D eigenvalue weighted by molar-refractivity contribution is -0.139. The zero-order valence-electron chi connectivity index (χ0n) is 21.6. The van der Waals surface area contributed by atoms with Gasteiger partial charge >= 0.3 is 12.1 Å². The van der Waals surface area contributed by atoms with Crippen molar-refractivity contribution >= 4 is 18.0 Å². The zero-order chi connectivity index (χ0) is 28.0. The quantitative estimate of drug-likeness (QED) is 0.183. The maximum Gasteiger partial charge on any atom is 0.432 e. The van der Waals surface area contributed by atoms with Gasteiger partial charge in [-0.25, -0.2) is 9.78 Å². The number of hydrogen-bond donors (Lipinski definition) is 3. The van der Waals surface area contributed by atoms with Gasteiger partial charge in [0.2, 0.25) is 0 Å². The van der Waals surface area contributed by atoms with Crippen LogP contribution in [0.2, 0.25) is 0 Å². The molecule has 0 spiro atoms. The number of nitrogens with one attached hydrogen (secondary N) is 3. The number of carbonyl (C=O) groups excluding carboxylic acids is 1. The molecule has 3 N–H and O–H groups in total. The number of benzene rings is 2. The van der Waals surface area contributed by atoms with E-state index in [2.05, 4.69) is 27.8 Å². The molecule has 0 bridgehead atoms. The van der Waals surface area contributed by atoms with E-state index in [1.807, 2.05) is 31.2 Å². The lowest BCUT2D eigenvalue weighted by Crippen LogP contribution is -2.26. The summed E-state index contributed by atoms with van der Waals surface area (Å²) in [4.78, 5) is 16.5. The number of allylic oxidation sites excluding steroid dienone is 1. The summed E-state index contributed by atoms with van der Waals surface area (Å²) < 4.78 is 52.5. The van der Waals surface area contributed by atoms with Crippen molar-refractivity contribution in [2.75, 3.05) is 18.5 Å². The molecule has 0 aliphatic carbocycles. The summed E-state index contributed by atoms with van der Waals surface area (Å²) in [6, 6.07) is 16.4. The van der Waals surface area contributed by atoms with Crippen molar-refractivity contribution in [2.24, 2.45) is 0 Å². The highest BCUT2D eigenvalue weighted by molar-refractivity contribution is 6.09. The van der Waals surface area contributed by atoms with Crippen LogP contribution in [0.15, 0.2) is 65.9 Å². The van der Waals surface area contributed by atoms with E-state index in [0.717, 1.165) is 30.6 Å². The third-order valence-corrected chi connectivity index (χ3v) is 6.16. The van der Waals surface area contributed by atoms with E-state index in [-0.39, 0.29) is 12.4 Å². The molecule has 3 aromatic rings. The standard InChI is InChI=1S/C29H29F3N4O3/c1-3-38-28(37)23(15-33)27(29(30,31)32)36-26-6-4-5-24(35-26)22-13-18(2)7-10-25(22)39-17-19-8-9-21-16-34-12-11-20(21)14-19/h4-10,13-15,33-34H,3,11-12,16-17H2,1-2H3,(H,35,36)/b27-23+,33-15?. The van der Waals surface area contributed by atoms with Crippen LogP contribution in [0, 0.1) is 12.3 Å². The Morgan fingerprint density at radius 1 is 1.15 bits per heavy atom. The fourth-order valence-electron chi connectivity index (χ4n) is 4.27. The molecule has 1 aliphatic heterocycles. The molecule has 0 radical (unpaired) electrons. The maximum atomic E-state index is 13.9. The highest BCUT2D eigenvalue weighted by Crippen LogP contribution is 2.33. The molecule has 39 heavy (non-hydrogen) atoms. The number of rotatable bonds is 9. The molecule has 0 atom stereocenters. The van der Waals surface area contributed by atoms with E-state index in [1.54, 1.807) is 12.1 Å². The molecule has 0 unspecified atom stereocenters. The van der Waals surface area contributed by atoms with Gasteiger partial charge in [-0.05, 0) is 67.8 Å². The van der Waals surface area contributed by atoms with Gasteiger partial charge in [-0.2, -0.15) is 13.2 Å². The predicted molar refractivity (Wildman–Crippen MR) is 143 cm³/mol. The van der Waals surface area contributed by atoms with Crippen LogP contribution in [0.4, 0.5) is 19.0 Å². The van der Waals surface area contributed by atoms with Crippen LogP contribution in [-0.4, -0.2) is 36.5 Å². The molecule has 0 amide bonds. The lowest BCUT2D eigenvalue weighted by atomic mass is 9.99. The molecule has 7 nitrogen and oxygen atoms in total. The van der Waals surface area contributed by atoms with Gasteiger partial charge in [0.1, 0.15) is 29.4 Å². The van der Waals surface area contributed by atoms with Gasteiger partial charge in [0.05, 0.1) is 12.3 Å². The first-order chi connectivity index (χ1) is 18.7. The summed E-state index contributed by atoms with van der Waals surface area (Å²) >= 11 is 0. The Labute approximate surface area is 224 Å². The van der Waals surface area contributed by atoms with Gasteiger partial charge in [0, 0.05) is 18.3 Å². The average molecular weight is 539 g/mol. The molecule has 204 valence electrons. The topological polar surface area (TPSA) is 96.3 Å². The van der Waals surface area contributed by atoms with Gasteiger partial charge in [-0.3, -0.25) is 0 Å². The van der Waals surface area contributed by atoms with E-state index in [1.165, 1.54) is 24.1 Å². The summed E-state index contributed by atoms with van der Waals surface area (Å²) in [6.07, 6.45) is -3.69. The Balaban J connectivity index is 1.63. The first-order valence-electron chi connectivity index (χ1n) is 12.5. The van der Waals surface area contributed by atoms with Gasteiger partial charge in [0.25, 0.3) is 0 Å². The second-order valence-electron chi connectivity index (χ2n) is 9.00. The highest BCUT2D eigenvalue weighted by Gasteiger charge is 2.39. The molecule has 1 aromatic heterocycles. The third-order valence-electron chi connectivity index (χ3n) is 6.16. The molecule has 2 aromatic carbocycles. The van der Waals surface area contributed by atoms with Crippen molar-refractivity contribution in [2.45, 2.75) is 39.6 Å². The predicted octanol–water partition coefficient (Wildman–Crippen LogP) is 5.72. The fourth-order valence-corrected chi connectivity index (χ4v) is 4.27. The summed E-state index contributed by atoms with van der Waals surface area (Å²) in [7, 11) is 0. The Morgan fingerprint density at radius 3 is 2.72 bits per heavy atom. The summed E-state index contributed by atoms with van der Waals surface area (Å²) in [6.45, 7) is 5.33. The number of fused-ring (bicyclic) bond motifs is 1. The monoisotopic (exact) mass is 538 g/mol. The second-order valence-corrected chi connectivity index (χ2v) is 9.00. The molecule has 10 heteroatoms. The van der Waals surface area contributed by atoms with E-state index < -0.39 is 23.4 Å². The number of hydrogen-bond acceptors (Lipinski definition) is 7. The maximum absolute atomic E-state index is 13.9. The van der Waals surface area contributed by atoms with Crippen molar-refractivity contribution < 1.29 is 27.4 Å². The minimum atomic E-state index is -4.96. The van der Waals surface area contributed by atoms with Crippen molar-refractivity contribution in [3.8, 4) is 17.0 Å². The number of aromatic nitrogens is 1. The molecule has 0 fully saturated rings. The molecule has 4 rings (SSSR count). The third kappa shape index (κ3) is 6.83.